The molecule has 7 nitrogen and oxygen atoms in total. The first-order chi connectivity index (χ1) is 16.4. The number of fused-ring (bicyclic) bond motifs is 1. The van der Waals surface area contributed by atoms with Gasteiger partial charge in [-0.1, -0.05) is 6.07 Å². The topological polar surface area (TPSA) is 77.1 Å². The van der Waals surface area contributed by atoms with Gasteiger partial charge in [0.1, 0.15) is 0 Å². The monoisotopic (exact) mass is 460 g/mol. The third-order valence-electron chi connectivity index (χ3n) is 7.34. The van der Waals surface area contributed by atoms with E-state index in [9.17, 15) is 4.79 Å². The van der Waals surface area contributed by atoms with Crippen molar-refractivity contribution < 1.29 is 4.79 Å². The Bertz CT molecular complexity index is 1150. The van der Waals surface area contributed by atoms with E-state index in [0.717, 1.165) is 61.1 Å². The Morgan fingerprint density at radius 3 is 2.50 bits per heavy atom. The molecular weight excluding hydrogens is 424 g/mol. The summed E-state index contributed by atoms with van der Waals surface area (Å²) in [6.45, 7) is 10.9. The van der Waals surface area contributed by atoms with Crippen LogP contribution in [0.2, 0.25) is 0 Å². The largest absolute Gasteiger partial charge is 0.370 e. The van der Waals surface area contributed by atoms with Crippen LogP contribution in [-0.2, 0) is 0 Å². The molecule has 0 radical (unpaired) electrons. The van der Waals surface area contributed by atoms with Gasteiger partial charge in [0, 0.05) is 54.9 Å². The first-order valence-electron chi connectivity index (χ1n) is 12.6. The summed E-state index contributed by atoms with van der Waals surface area (Å²) >= 11 is 0. The molecule has 2 aromatic heterocycles. The Balaban J connectivity index is 1.33. The molecule has 34 heavy (non-hydrogen) atoms. The number of likely N-dealkylation sites (tertiary alicyclic amines) is 1. The maximum absolute atomic E-state index is 13.1. The van der Waals surface area contributed by atoms with Crippen molar-refractivity contribution in [2.45, 2.75) is 64.5 Å². The molecule has 1 amide bonds. The summed E-state index contributed by atoms with van der Waals surface area (Å²) in [5.41, 5.74) is 4.79. The first kappa shape index (κ1) is 22.8. The standard InChI is InChI=1S/C27H36N6O/c1-27(2,3)33-13-9-21(10-14-33)29-26(34)25-23-16-19(7-8-24(23)30-31-25)20-15-22(18-28-17-20)32-11-5-4-6-12-32/h7-8,15-18,21H,4-6,9-14H2,1-3H3,(H,29,34)(H,30,31). The number of piperidine rings is 2. The molecule has 180 valence electrons. The summed E-state index contributed by atoms with van der Waals surface area (Å²) in [5, 5.41) is 11.5. The average molecular weight is 461 g/mol. The fourth-order valence-corrected chi connectivity index (χ4v) is 5.23. The molecule has 0 atom stereocenters. The number of hydrogen-bond donors (Lipinski definition) is 2. The Morgan fingerprint density at radius 1 is 1.00 bits per heavy atom. The molecule has 0 spiro atoms. The number of pyridine rings is 1. The van der Waals surface area contributed by atoms with E-state index < -0.39 is 0 Å². The highest BCUT2D eigenvalue weighted by Crippen LogP contribution is 2.29. The number of nitrogens with zero attached hydrogens (tertiary/aromatic N) is 4. The third-order valence-corrected chi connectivity index (χ3v) is 7.34. The van der Waals surface area contributed by atoms with Gasteiger partial charge in [-0.2, -0.15) is 5.10 Å². The van der Waals surface area contributed by atoms with Crippen molar-refractivity contribution in [1.29, 1.82) is 0 Å². The fraction of sp³-hybridized carbons (Fsp3) is 0.519. The Labute approximate surface area is 201 Å². The second-order valence-electron chi connectivity index (χ2n) is 10.7. The van der Waals surface area contributed by atoms with Crippen LogP contribution in [0, 0.1) is 0 Å². The summed E-state index contributed by atoms with van der Waals surface area (Å²) in [4.78, 5) is 22.6. The summed E-state index contributed by atoms with van der Waals surface area (Å²) in [6, 6.07) is 8.53. The summed E-state index contributed by atoms with van der Waals surface area (Å²) in [6.07, 6.45) is 9.56. The molecule has 3 aromatic rings. The second kappa shape index (κ2) is 9.37. The van der Waals surface area contributed by atoms with Gasteiger partial charge < -0.3 is 10.2 Å². The van der Waals surface area contributed by atoms with E-state index in [0.29, 0.717) is 5.69 Å². The minimum Gasteiger partial charge on any atom is -0.370 e. The smallest absolute Gasteiger partial charge is 0.272 e. The Morgan fingerprint density at radius 2 is 1.76 bits per heavy atom. The van der Waals surface area contributed by atoms with Crippen LogP contribution < -0.4 is 10.2 Å². The quantitative estimate of drug-likeness (QED) is 0.595. The molecule has 0 unspecified atom stereocenters. The molecule has 2 aliphatic rings. The average Bonchev–Trinajstić information content (AvgIpc) is 3.28. The molecule has 2 aliphatic heterocycles. The number of carbonyl (C=O) groups excluding carboxylic acids is 1. The van der Waals surface area contributed by atoms with Crippen LogP contribution in [0.1, 0.15) is 63.4 Å². The molecule has 0 bridgehead atoms. The zero-order valence-electron chi connectivity index (χ0n) is 20.6. The first-order valence-corrected chi connectivity index (χ1v) is 12.6. The lowest BCUT2D eigenvalue weighted by Gasteiger charge is -2.40. The number of hydrogen-bond acceptors (Lipinski definition) is 5. The van der Waals surface area contributed by atoms with Crippen LogP contribution in [0.4, 0.5) is 5.69 Å². The molecule has 4 heterocycles. The van der Waals surface area contributed by atoms with E-state index in [1.807, 2.05) is 18.5 Å². The Kier molecular flexibility index (Phi) is 6.30. The second-order valence-corrected chi connectivity index (χ2v) is 10.7. The van der Waals surface area contributed by atoms with E-state index in [1.54, 1.807) is 0 Å². The number of amides is 1. The van der Waals surface area contributed by atoms with Gasteiger partial charge in [0.05, 0.1) is 17.4 Å². The van der Waals surface area contributed by atoms with E-state index in [-0.39, 0.29) is 17.5 Å². The lowest BCUT2D eigenvalue weighted by atomic mass is 9.98. The van der Waals surface area contributed by atoms with Crippen LogP contribution in [0.25, 0.3) is 22.0 Å². The SMILES string of the molecule is CC(C)(C)N1CCC(NC(=O)c2n[nH]c3ccc(-c4cncc(N5CCCCC5)c4)cc23)CC1. The van der Waals surface area contributed by atoms with Crippen molar-refractivity contribution in [2.75, 3.05) is 31.1 Å². The minimum absolute atomic E-state index is 0.0993. The van der Waals surface area contributed by atoms with Crippen LogP contribution in [0.3, 0.4) is 0 Å². The molecule has 0 saturated carbocycles. The molecule has 5 rings (SSSR count). The number of nitrogens with one attached hydrogen (secondary N) is 2. The number of anilines is 1. The van der Waals surface area contributed by atoms with E-state index >= 15 is 0 Å². The van der Waals surface area contributed by atoms with Crippen molar-refractivity contribution in [3.05, 3.63) is 42.4 Å². The predicted octanol–water partition coefficient (Wildman–Crippen LogP) is 4.61. The van der Waals surface area contributed by atoms with Gasteiger partial charge in [-0.25, -0.2) is 0 Å². The van der Waals surface area contributed by atoms with Gasteiger partial charge in [0.2, 0.25) is 0 Å². The maximum atomic E-state index is 13.1. The van der Waals surface area contributed by atoms with Crippen LogP contribution in [0.15, 0.2) is 36.7 Å². The van der Waals surface area contributed by atoms with E-state index in [1.165, 1.54) is 24.9 Å². The van der Waals surface area contributed by atoms with Crippen molar-refractivity contribution in [2.24, 2.45) is 0 Å². The lowest BCUT2D eigenvalue weighted by Crippen LogP contribution is -2.50. The molecular formula is C27H36N6O. The van der Waals surface area contributed by atoms with Crippen molar-refractivity contribution in [1.82, 2.24) is 25.4 Å². The lowest BCUT2D eigenvalue weighted by molar-refractivity contribution is 0.0810. The highest BCUT2D eigenvalue weighted by molar-refractivity contribution is 6.05. The number of carbonyl (C=O) groups is 1. The van der Waals surface area contributed by atoms with Crippen LogP contribution in [-0.4, -0.2) is 63.7 Å². The molecule has 1 aromatic carbocycles. The van der Waals surface area contributed by atoms with Gasteiger partial charge in [-0.3, -0.25) is 19.8 Å². The number of aromatic amines is 1. The number of aromatic nitrogens is 3. The molecule has 7 heteroatoms. The fourth-order valence-electron chi connectivity index (χ4n) is 5.23. The van der Waals surface area contributed by atoms with E-state index in [2.05, 4.69) is 69.3 Å². The van der Waals surface area contributed by atoms with Crippen LogP contribution >= 0.6 is 0 Å². The third kappa shape index (κ3) is 4.80. The number of rotatable bonds is 4. The highest BCUT2D eigenvalue weighted by Gasteiger charge is 2.28. The predicted molar refractivity (Wildman–Crippen MR) is 137 cm³/mol. The summed E-state index contributed by atoms with van der Waals surface area (Å²) in [5.74, 6) is -0.0993. The number of H-pyrrole nitrogens is 1. The van der Waals surface area contributed by atoms with Gasteiger partial charge in [0.25, 0.3) is 5.91 Å². The molecule has 0 aliphatic carbocycles. The zero-order chi connectivity index (χ0) is 23.7. The maximum Gasteiger partial charge on any atom is 0.272 e. The zero-order valence-corrected chi connectivity index (χ0v) is 20.6. The molecule has 2 N–H and O–H groups in total. The summed E-state index contributed by atoms with van der Waals surface area (Å²) in [7, 11) is 0. The number of benzene rings is 1. The van der Waals surface area contributed by atoms with Crippen LogP contribution in [0.5, 0.6) is 0 Å². The van der Waals surface area contributed by atoms with Gasteiger partial charge >= 0.3 is 0 Å². The van der Waals surface area contributed by atoms with Crippen molar-refractivity contribution in [3.63, 3.8) is 0 Å². The van der Waals surface area contributed by atoms with Gasteiger partial charge in [-0.05, 0) is 76.6 Å². The van der Waals surface area contributed by atoms with Gasteiger partial charge in [-0.15, -0.1) is 0 Å². The Hall–Kier alpha value is -2.93. The molecule has 2 saturated heterocycles. The minimum atomic E-state index is -0.0993. The highest BCUT2D eigenvalue weighted by atomic mass is 16.2. The van der Waals surface area contributed by atoms with Gasteiger partial charge in [0.15, 0.2) is 5.69 Å². The van der Waals surface area contributed by atoms with Crippen molar-refractivity contribution >= 4 is 22.5 Å². The molecule has 2 fully saturated rings. The van der Waals surface area contributed by atoms with Crippen molar-refractivity contribution in [3.8, 4) is 11.1 Å². The normalized spacial score (nSPS) is 18.4. The van der Waals surface area contributed by atoms with E-state index in [4.69, 9.17) is 0 Å². The summed E-state index contributed by atoms with van der Waals surface area (Å²) < 4.78 is 0.